The van der Waals surface area contributed by atoms with Gasteiger partial charge in [0.05, 0.1) is 24.8 Å². The maximum Gasteiger partial charge on any atom is 0.255 e. The van der Waals surface area contributed by atoms with Crippen molar-refractivity contribution in [3.05, 3.63) is 82.4 Å². The molecule has 2 fully saturated rings. The first-order valence-electron chi connectivity index (χ1n) is 13.3. The van der Waals surface area contributed by atoms with Crippen LogP contribution >= 0.6 is 11.6 Å². The third-order valence-corrected chi connectivity index (χ3v) is 8.12. The number of ether oxygens (including phenoxy) is 4. The van der Waals surface area contributed by atoms with Crippen LogP contribution in [0.5, 0.6) is 23.0 Å². The van der Waals surface area contributed by atoms with Crippen LogP contribution in [0.4, 0.5) is 0 Å². The van der Waals surface area contributed by atoms with Crippen molar-refractivity contribution in [3.8, 4) is 23.0 Å². The summed E-state index contributed by atoms with van der Waals surface area (Å²) in [6.45, 7) is 0.494. The number of hydrogen-bond acceptors (Lipinski definition) is 6. The summed E-state index contributed by atoms with van der Waals surface area (Å²) in [6, 6.07) is 19.8. The fourth-order valence-electron chi connectivity index (χ4n) is 5.54. The van der Waals surface area contributed by atoms with Gasteiger partial charge in [-0.15, -0.1) is 0 Å². The number of halogens is 1. The van der Waals surface area contributed by atoms with E-state index in [0.29, 0.717) is 34.2 Å². The van der Waals surface area contributed by atoms with Crippen molar-refractivity contribution in [1.82, 2.24) is 10.2 Å². The molecule has 2 saturated heterocycles. The van der Waals surface area contributed by atoms with Crippen LogP contribution in [-0.2, 0) is 13.2 Å². The van der Waals surface area contributed by atoms with Gasteiger partial charge in [0.25, 0.3) is 5.91 Å². The van der Waals surface area contributed by atoms with E-state index >= 15 is 0 Å². The van der Waals surface area contributed by atoms with Gasteiger partial charge < -0.3 is 29.2 Å². The zero-order valence-corrected chi connectivity index (χ0v) is 23.4. The largest absolute Gasteiger partial charge is 0.497 e. The lowest BCUT2D eigenvalue weighted by Gasteiger charge is -2.36. The van der Waals surface area contributed by atoms with Gasteiger partial charge in [-0.3, -0.25) is 4.79 Å². The Morgan fingerprint density at radius 2 is 1.33 bits per heavy atom. The standard InChI is InChI=1S/C31H35ClN2O5/c1-34-23-8-9-24(34)17-22(16-23)33-31(35)27-14-15-28(32)30(39-19-21-6-12-26(37-3)13-7-21)29(27)38-18-20-4-10-25(36-2)11-5-20/h4-7,10-15,22-24H,8-9,16-19H2,1-3H3,(H,33,35)/t22-,23+,24-. The smallest absolute Gasteiger partial charge is 0.255 e. The van der Waals surface area contributed by atoms with Crippen molar-refractivity contribution in [2.75, 3.05) is 21.3 Å². The molecule has 0 aliphatic carbocycles. The molecular formula is C31H35ClN2O5. The van der Waals surface area contributed by atoms with Crippen molar-refractivity contribution in [1.29, 1.82) is 0 Å². The third kappa shape index (κ3) is 6.26. The molecule has 0 radical (unpaired) electrons. The maximum atomic E-state index is 13.6. The van der Waals surface area contributed by atoms with Gasteiger partial charge in [-0.05, 0) is 80.3 Å². The predicted octanol–water partition coefficient (Wildman–Crippen LogP) is 5.87. The first kappa shape index (κ1) is 27.2. The second-order valence-electron chi connectivity index (χ2n) is 10.2. The van der Waals surface area contributed by atoms with E-state index in [0.717, 1.165) is 35.5 Å². The van der Waals surface area contributed by atoms with E-state index in [9.17, 15) is 4.79 Å². The second-order valence-corrected chi connectivity index (χ2v) is 10.6. The molecule has 0 spiro atoms. The van der Waals surface area contributed by atoms with Crippen LogP contribution in [0.2, 0.25) is 5.02 Å². The Balaban J connectivity index is 1.38. The fraction of sp³-hybridized carbons (Fsp3) is 0.387. The Morgan fingerprint density at radius 1 is 0.821 bits per heavy atom. The van der Waals surface area contributed by atoms with Crippen molar-refractivity contribution < 1.29 is 23.7 Å². The molecule has 206 valence electrons. The molecule has 39 heavy (non-hydrogen) atoms. The Hall–Kier alpha value is -3.42. The molecule has 0 aromatic heterocycles. The number of methoxy groups -OCH3 is 2. The summed E-state index contributed by atoms with van der Waals surface area (Å²) in [5.41, 5.74) is 2.27. The van der Waals surface area contributed by atoms with E-state index in [-0.39, 0.29) is 25.2 Å². The topological polar surface area (TPSA) is 69.3 Å². The zero-order valence-electron chi connectivity index (χ0n) is 22.6. The highest BCUT2D eigenvalue weighted by atomic mass is 35.5. The quantitative estimate of drug-likeness (QED) is 0.340. The summed E-state index contributed by atoms with van der Waals surface area (Å²) in [5.74, 6) is 2.02. The van der Waals surface area contributed by atoms with Gasteiger partial charge in [0.1, 0.15) is 24.7 Å². The third-order valence-electron chi connectivity index (χ3n) is 7.83. The lowest BCUT2D eigenvalue weighted by atomic mass is 9.97. The molecule has 3 atom stereocenters. The highest BCUT2D eigenvalue weighted by Crippen LogP contribution is 2.40. The summed E-state index contributed by atoms with van der Waals surface area (Å²) in [5, 5.41) is 3.65. The van der Waals surface area contributed by atoms with Crippen LogP contribution in [0, 0.1) is 0 Å². The lowest BCUT2D eigenvalue weighted by Crippen LogP contribution is -2.48. The highest BCUT2D eigenvalue weighted by molar-refractivity contribution is 6.32. The van der Waals surface area contributed by atoms with Crippen LogP contribution < -0.4 is 24.3 Å². The van der Waals surface area contributed by atoms with E-state index in [4.69, 9.17) is 30.5 Å². The first-order chi connectivity index (χ1) is 18.9. The second kappa shape index (κ2) is 12.2. The van der Waals surface area contributed by atoms with Crippen LogP contribution in [0.25, 0.3) is 0 Å². The van der Waals surface area contributed by atoms with E-state index in [1.54, 1.807) is 26.4 Å². The molecule has 7 nitrogen and oxygen atoms in total. The molecule has 8 heteroatoms. The van der Waals surface area contributed by atoms with Gasteiger partial charge in [-0.1, -0.05) is 35.9 Å². The Morgan fingerprint density at radius 3 is 1.85 bits per heavy atom. The minimum Gasteiger partial charge on any atom is -0.497 e. The number of nitrogens with zero attached hydrogens (tertiary/aromatic N) is 1. The van der Waals surface area contributed by atoms with Gasteiger partial charge >= 0.3 is 0 Å². The van der Waals surface area contributed by atoms with Crippen molar-refractivity contribution in [2.45, 2.75) is 57.0 Å². The molecular weight excluding hydrogens is 516 g/mol. The molecule has 1 amide bonds. The van der Waals surface area contributed by atoms with Crippen LogP contribution in [0.3, 0.4) is 0 Å². The number of hydrogen-bond donors (Lipinski definition) is 1. The van der Waals surface area contributed by atoms with Crippen LogP contribution in [-0.4, -0.2) is 50.2 Å². The van der Waals surface area contributed by atoms with Gasteiger partial charge in [0.15, 0.2) is 11.5 Å². The Labute approximate surface area is 235 Å². The SMILES string of the molecule is COc1ccc(COc2c(Cl)ccc(C(=O)N[C@H]3C[C@H]4CC[C@@H](C3)N4C)c2OCc2ccc(OC)cc2)cc1. The normalized spacial score (nSPS) is 20.4. The summed E-state index contributed by atoms with van der Waals surface area (Å²) in [7, 11) is 5.45. The van der Waals surface area contributed by atoms with Gasteiger partial charge in [-0.25, -0.2) is 0 Å². The predicted molar refractivity (Wildman–Crippen MR) is 151 cm³/mol. The average Bonchev–Trinajstić information content (AvgIpc) is 3.15. The van der Waals surface area contributed by atoms with E-state index < -0.39 is 0 Å². The summed E-state index contributed by atoms with van der Waals surface area (Å²) in [4.78, 5) is 16.1. The molecule has 3 aromatic rings. The number of piperidine rings is 1. The minimum absolute atomic E-state index is 0.125. The number of fused-ring (bicyclic) bond motifs is 2. The molecule has 5 rings (SSSR count). The molecule has 2 aliphatic rings. The molecule has 2 heterocycles. The molecule has 0 unspecified atom stereocenters. The molecule has 2 aliphatic heterocycles. The number of nitrogens with one attached hydrogen (secondary N) is 1. The summed E-state index contributed by atoms with van der Waals surface area (Å²) in [6.07, 6.45) is 4.28. The fourth-order valence-corrected chi connectivity index (χ4v) is 5.75. The Kier molecular flexibility index (Phi) is 8.48. The van der Waals surface area contributed by atoms with E-state index in [1.165, 1.54) is 12.8 Å². The zero-order chi connectivity index (χ0) is 27.4. The van der Waals surface area contributed by atoms with E-state index in [2.05, 4.69) is 17.3 Å². The average molecular weight is 551 g/mol. The van der Waals surface area contributed by atoms with Gasteiger partial charge in [-0.2, -0.15) is 0 Å². The first-order valence-corrected chi connectivity index (χ1v) is 13.7. The van der Waals surface area contributed by atoms with Crippen molar-refractivity contribution in [2.24, 2.45) is 0 Å². The summed E-state index contributed by atoms with van der Waals surface area (Å²) < 4.78 is 23.0. The summed E-state index contributed by atoms with van der Waals surface area (Å²) >= 11 is 6.62. The van der Waals surface area contributed by atoms with Gasteiger partial charge in [0, 0.05) is 18.1 Å². The number of benzene rings is 3. The maximum absolute atomic E-state index is 13.6. The molecule has 2 bridgehead atoms. The molecule has 3 aromatic carbocycles. The van der Waals surface area contributed by atoms with Crippen molar-refractivity contribution >= 4 is 17.5 Å². The van der Waals surface area contributed by atoms with Crippen LogP contribution in [0.15, 0.2) is 60.7 Å². The Bertz CT molecular complexity index is 1270. The monoisotopic (exact) mass is 550 g/mol. The molecule has 1 N–H and O–H groups in total. The highest BCUT2D eigenvalue weighted by Gasteiger charge is 2.39. The van der Waals surface area contributed by atoms with Crippen molar-refractivity contribution in [3.63, 3.8) is 0 Å². The number of carbonyl (C=O) groups is 1. The number of amides is 1. The van der Waals surface area contributed by atoms with Crippen LogP contribution in [0.1, 0.15) is 47.2 Å². The van der Waals surface area contributed by atoms with E-state index in [1.807, 2.05) is 48.5 Å². The number of carbonyl (C=O) groups excluding carboxylic acids is 1. The van der Waals surface area contributed by atoms with Gasteiger partial charge in [0.2, 0.25) is 0 Å². The molecule has 0 saturated carbocycles. The number of rotatable bonds is 10. The lowest BCUT2D eigenvalue weighted by molar-refractivity contribution is 0.0877. The minimum atomic E-state index is -0.181.